The zero-order valence-corrected chi connectivity index (χ0v) is 16.6. The van der Waals surface area contributed by atoms with E-state index in [0.29, 0.717) is 12.6 Å². The third kappa shape index (κ3) is 4.63. The van der Waals surface area contributed by atoms with Crippen LogP contribution < -0.4 is 15.5 Å². The minimum absolute atomic E-state index is 0.0145. The summed E-state index contributed by atoms with van der Waals surface area (Å²) in [5.41, 5.74) is 1.28. The van der Waals surface area contributed by atoms with Crippen molar-refractivity contribution in [3.8, 4) is 0 Å². The first kappa shape index (κ1) is 20.3. The Kier molecular flexibility index (Phi) is 5.78. The van der Waals surface area contributed by atoms with Crippen molar-refractivity contribution in [3.63, 3.8) is 0 Å². The van der Waals surface area contributed by atoms with Gasteiger partial charge in [0.05, 0.1) is 4.92 Å². The number of carbonyl (C=O) groups is 2. The van der Waals surface area contributed by atoms with Crippen molar-refractivity contribution < 1.29 is 18.9 Å². The third-order valence-corrected chi connectivity index (χ3v) is 5.27. The molecule has 4 rings (SSSR count). The van der Waals surface area contributed by atoms with Gasteiger partial charge in [-0.15, -0.1) is 0 Å². The molecular weight excluding hydrogens is 402 g/mol. The summed E-state index contributed by atoms with van der Waals surface area (Å²) in [6.07, 6.45) is 1.62. The van der Waals surface area contributed by atoms with Crippen molar-refractivity contribution in [2.75, 3.05) is 29.9 Å². The number of oxazole rings is 1. The fourth-order valence-electron chi connectivity index (χ4n) is 3.56. The molecule has 0 saturated carbocycles. The summed E-state index contributed by atoms with van der Waals surface area (Å²) in [5, 5.41) is 15.9. The Morgan fingerprint density at radius 1 is 1.10 bits per heavy atom. The zero-order valence-electron chi connectivity index (χ0n) is 16.6. The Morgan fingerprint density at radius 2 is 1.81 bits per heavy atom. The number of hydrogen-bond acceptors (Lipinski definition) is 7. The Balaban J connectivity index is 1.26. The molecule has 1 aliphatic rings. The molecule has 3 aromatic rings. The number of aromatic nitrogens is 1. The lowest BCUT2D eigenvalue weighted by atomic mass is 9.97. The highest BCUT2D eigenvalue weighted by Crippen LogP contribution is 2.26. The first-order valence-electron chi connectivity index (χ1n) is 9.94. The summed E-state index contributed by atoms with van der Waals surface area (Å²) in [5.74, 6) is -1.54. The van der Waals surface area contributed by atoms with Gasteiger partial charge in [0.25, 0.3) is 11.7 Å². The average Bonchev–Trinajstić information content (AvgIpc) is 3.22. The van der Waals surface area contributed by atoms with Gasteiger partial charge in [-0.3, -0.25) is 19.7 Å². The normalized spacial score (nSPS) is 14.4. The van der Waals surface area contributed by atoms with E-state index >= 15 is 0 Å². The van der Waals surface area contributed by atoms with Gasteiger partial charge in [0.2, 0.25) is 0 Å². The van der Waals surface area contributed by atoms with Crippen LogP contribution in [0.15, 0.2) is 52.9 Å². The van der Waals surface area contributed by atoms with Crippen molar-refractivity contribution in [1.82, 2.24) is 10.3 Å². The van der Waals surface area contributed by atoms with Crippen molar-refractivity contribution in [2.45, 2.75) is 12.8 Å². The molecule has 31 heavy (non-hydrogen) atoms. The minimum atomic E-state index is -0.932. The molecule has 0 aliphatic carbocycles. The molecule has 2 N–H and O–H groups in total. The predicted molar refractivity (Wildman–Crippen MR) is 114 cm³/mol. The number of nitrogens with zero attached hydrogens (tertiary/aromatic N) is 3. The second-order valence-corrected chi connectivity index (χ2v) is 7.33. The van der Waals surface area contributed by atoms with E-state index in [1.54, 1.807) is 6.07 Å². The van der Waals surface area contributed by atoms with E-state index in [1.165, 1.54) is 18.2 Å². The largest absolute Gasteiger partial charge is 0.423 e. The number of benzene rings is 2. The van der Waals surface area contributed by atoms with E-state index in [1.807, 2.05) is 24.3 Å². The van der Waals surface area contributed by atoms with Crippen LogP contribution in [0.1, 0.15) is 12.8 Å². The van der Waals surface area contributed by atoms with Gasteiger partial charge in [0, 0.05) is 25.7 Å². The van der Waals surface area contributed by atoms with Gasteiger partial charge in [0.15, 0.2) is 5.58 Å². The highest BCUT2D eigenvalue weighted by molar-refractivity contribution is 6.39. The van der Waals surface area contributed by atoms with Crippen LogP contribution in [-0.2, 0) is 9.59 Å². The van der Waals surface area contributed by atoms with E-state index in [0.717, 1.165) is 37.0 Å². The molecule has 1 aromatic heterocycles. The minimum Gasteiger partial charge on any atom is -0.423 e. The SMILES string of the molecule is O=C(NCC1CCN(c2nc3ccccc3o2)CC1)C(=O)Nc1ccccc1[N+](=O)[O-]. The fourth-order valence-corrected chi connectivity index (χ4v) is 3.56. The lowest BCUT2D eigenvalue weighted by molar-refractivity contribution is -0.383. The number of nitro groups is 1. The number of hydrogen-bond donors (Lipinski definition) is 2. The monoisotopic (exact) mass is 423 g/mol. The molecule has 0 unspecified atom stereocenters. The molecule has 2 amide bonds. The molecule has 10 heteroatoms. The molecule has 1 aliphatic heterocycles. The van der Waals surface area contributed by atoms with Gasteiger partial charge >= 0.3 is 11.8 Å². The van der Waals surface area contributed by atoms with Gasteiger partial charge in [-0.1, -0.05) is 24.3 Å². The molecule has 2 heterocycles. The molecule has 0 bridgehead atoms. The summed E-state index contributed by atoms with van der Waals surface area (Å²) in [4.78, 5) is 41.2. The highest BCUT2D eigenvalue weighted by Gasteiger charge is 2.25. The summed E-state index contributed by atoms with van der Waals surface area (Å²) in [6, 6.07) is 13.9. The number of amides is 2. The standard InChI is InChI=1S/C21H21N5O5/c27-19(20(28)23-15-5-1-3-7-17(15)26(29)30)22-13-14-9-11-25(12-10-14)21-24-16-6-2-4-8-18(16)31-21/h1-8,14H,9-13H2,(H,22,27)(H,23,28). The summed E-state index contributed by atoms with van der Waals surface area (Å²) in [6.45, 7) is 1.82. The molecule has 0 spiro atoms. The maximum absolute atomic E-state index is 12.1. The number of piperidine rings is 1. The summed E-state index contributed by atoms with van der Waals surface area (Å²) >= 11 is 0. The predicted octanol–water partition coefficient (Wildman–Crippen LogP) is 2.71. The quantitative estimate of drug-likeness (QED) is 0.366. The van der Waals surface area contributed by atoms with Crippen LogP contribution in [0, 0.1) is 16.0 Å². The number of carbonyl (C=O) groups excluding carboxylic acids is 2. The molecule has 160 valence electrons. The molecule has 2 aromatic carbocycles. The Bertz CT molecular complexity index is 1090. The molecule has 0 atom stereocenters. The van der Waals surface area contributed by atoms with Crippen molar-refractivity contribution in [3.05, 3.63) is 58.6 Å². The van der Waals surface area contributed by atoms with Crippen LogP contribution in [0.3, 0.4) is 0 Å². The Hall–Kier alpha value is -3.95. The van der Waals surface area contributed by atoms with E-state index in [-0.39, 0.29) is 17.3 Å². The first-order valence-corrected chi connectivity index (χ1v) is 9.94. The van der Waals surface area contributed by atoms with Gasteiger partial charge in [-0.2, -0.15) is 4.98 Å². The van der Waals surface area contributed by atoms with E-state index in [2.05, 4.69) is 20.5 Å². The average molecular weight is 423 g/mol. The van der Waals surface area contributed by atoms with Crippen LogP contribution in [0.25, 0.3) is 11.1 Å². The molecule has 0 radical (unpaired) electrons. The van der Waals surface area contributed by atoms with Gasteiger partial charge in [-0.25, -0.2) is 0 Å². The maximum Gasteiger partial charge on any atom is 0.313 e. The number of nitro benzene ring substituents is 1. The Labute approximate surface area is 177 Å². The maximum atomic E-state index is 12.1. The molecule has 1 fully saturated rings. The van der Waals surface area contributed by atoms with Crippen molar-refractivity contribution in [2.24, 2.45) is 5.92 Å². The topological polar surface area (TPSA) is 131 Å². The summed E-state index contributed by atoms with van der Waals surface area (Å²) in [7, 11) is 0. The van der Waals surface area contributed by atoms with E-state index in [4.69, 9.17) is 4.42 Å². The van der Waals surface area contributed by atoms with Crippen LogP contribution in [0.4, 0.5) is 17.4 Å². The molecular formula is C21H21N5O5. The van der Waals surface area contributed by atoms with Crippen LogP contribution in [0.5, 0.6) is 0 Å². The Morgan fingerprint density at radius 3 is 2.55 bits per heavy atom. The smallest absolute Gasteiger partial charge is 0.313 e. The second kappa shape index (κ2) is 8.82. The van der Waals surface area contributed by atoms with Gasteiger partial charge in [-0.05, 0) is 37.0 Å². The molecule has 1 saturated heterocycles. The van der Waals surface area contributed by atoms with E-state index in [9.17, 15) is 19.7 Å². The van der Waals surface area contributed by atoms with Gasteiger partial charge in [0.1, 0.15) is 11.2 Å². The lowest BCUT2D eigenvalue weighted by Crippen LogP contribution is -2.42. The number of para-hydroxylation sites is 4. The summed E-state index contributed by atoms with van der Waals surface area (Å²) < 4.78 is 5.80. The number of fused-ring (bicyclic) bond motifs is 1. The zero-order chi connectivity index (χ0) is 21.8. The van der Waals surface area contributed by atoms with Crippen molar-refractivity contribution in [1.29, 1.82) is 0 Å². The number of nitrogens with one attached hydrogen (secondary N) is 2. The highest BCUT2D eigenvalue weighted by atomic mass is 16.6. The first-order chi connectivity index (χ1) is 15.0. The van der Waals surface area contributed by atoms with Crippen LogP contribution >= 0.6 is 0 Å². The van der Waals surface area contributed by atoms with Crippen molar-refractivity contribution >= 4 is 40.3 Å². The molecule has 10 nitrogen and oxygen atoms in total. The second-order valence-electron chi connectivity index (χ2n) is 7.33. The van der Waals surface area contributed by atoms with Gasteiger partial charge < -0.3 is 20.0 Å². The third-order valence-electron chi connectivity index (χ3n) is 5.27. The fraction of sp³-hybridized carbons (Fsp3) is 0.286. The lowest BCUT2D eigenvalue weighted by Gasteiger charge is -2.30. The number of anilines is 2. The van der Waals surface area contributed by atoms with Crippen LogP contribution in [-0.4, -0.2) is 41.4 Å². The number of rotatable bonds is 5. The van der Waals surface area contributed by atoms with Crippen LogP contribution in [0.2, 0.25) is 0 Å². The van der Waals surface area contributed by atoms with E-state index < -0.39 is 16.7 Å².